The highest BCUT2D eigenvalue weighted by Gasteiger charge is 2.15. The van der Waals surface area contributed by atoms with Crippen molar-refractivity contribution in [3.8, 4) is 0 Å². The molecule has 1 aliphatic rings. The molecule has 0 spiro atoms. The molecule has 0 aliphatic carbocycles. The average molecular weight is 291 g/mol. The third kappa shape index (κ3) is 4.38. The molecule has 1 aliphatic heterocycles. The number of benzene rings is 1. The molecule has 2 N–H and O–H groups in total. The van der Waals surface area contributed by atoms with E-state index in [2.05, 4.69) is 15.6 Å². The number of rotatable bonds is 4. The number of nitrogens with zero attached hydrogens (tertiary/aromatic N) is 1. The van der Waals surface area contributed by atoms with Gasteiger partial charge in [-0.2, -0.15) is 0 Å². The fourth-order valence-electron chi connectivity index (χ4n) is 1.81. The summed E-state index contributed by atoms with van der Waals surface area (Å²) in [7, 11) is 0. The Kier molecular flexibility index (Phi) is 5.17. The largest absolute Gasteiger partial charge is 0.349 e. The van der Waals surface area contributed by atoms with Crippen molar-refractivity contribution in [3.63, 3.8) is 0 Å². The summed E-state index contributed by atoms with van der Waals surface area (Å²) in [5.74, 6) is 0.619. The third-order valence-electron chi connectivity index (χ3n) is 2.74. The number of thioether (sulfide) groups is 1. The second-order valence-corrected chi connectivity index (χ2v) is 5.61. The van der Waals surface area contributed by atoms with Gasteiger partial charge in [0.2, 0.25) is 5.91 Å². The third-order valence-corrected chi connectivity index (χ3v) is 3.63. The van der Waals surface area contributed by atoms with Crippen LogP contribution >= 0.6 is 11.8 Å². The number of hydrogen-bond acceptors (Lipinski definition) is 4. The monoisotopic (exact) mass is 291 g/mol. The lowest BCUT2D eigenvalue weighted by Crippen LogP contribution is -2.38. The lowest BCUT2D eigenvalue weighted by atomic mass is 10.1. The van der Waals surface area contributed by atoms with Gasteiger partial charge in [0, 0.05) is 23.8 Å². The Morgan fingerprint density at radius 3 is 2.75 bits per heavy atom. The van der Waals surface area contributed by atoms with Gasteiger partial charge in [0.15, 0.2) is 5.17 Å². The van der Waals surface area contributed by atoms with Crippen LogP contribution in [0.1, 0.15) is 23.7 Å². The molecule has 0 saturated carbocycles. The summed E-state index contributed by atoms with van der Waals surface area (Å²) in [6.45, 7) is 2.56. The van der Waals surface area contributed by atoms with E-state index in [1.165, 1.54) is 11.8 Å². The SMILES string of the molecule is CC(CC(=O)NC1=NCCS1)NC(=O)c1ccccc1. The average Bonchev–Trinajstić information content (AvgIpc) is 2.92. The normalized spacial score (nSPS) is 15.3. The fraction of sp³-hybridized carbons (Fsp3) is 0.357. The zero-order chi connectivity index (χ0) is 14.4. The quantitative estimate of drug-likeness (QED) is 0.881. The molecule has 1 aromatic rings. The highest BCUT2D eigenvalue weighted by Crippen LogP contribution is 2.09. The first-order chi connectivity index (χ1) is 9.65. The summed E-state index contributed by atoms with van der Waals surface area (Å²) in [6.07, 6.45) is 0.234. The molecule has 0 bridgehead atoms. The number of amides is 2. The van der Waals surface area contributed by atoms with Gasteiger partial charge in [-0.05, 0) is 19.1 Å². The lowest BCUT2D eigenvalue weighted by molar-refractivity contribution is -0.119. The van der Waals surface area contributed by atoms with Gasteiger partial charge in [-0.1, -0.05) is 30.0 Å². The molecule has 1 heterocycles. The topological polar surface area (TPSA) is 70.6 Å². The maximum atomic E-state index is 11.9. The van der Waals surface area contributed by atoms with Crippen LogP contribution in [0.2, 0.25) is 0 Å². The van der Waals surface area contributed by atoms with Crippen LogP contribution in [0.3, 0.4) is 0 Å². The second-order valence-electron chi connectivity index (χ2n) is 4.53. The van der Waals surface area contributed by atoms with Gasteiger partial charge in [-0.3, -0.25) is 14.6 Å². The van der Waals surface area contributed by atoms with Crippen LogP contribution in [-0.4, -0.2) is 35.3 Å². The minimum Gasteiger partial charge on any atom is -0.349 e. The molecule has 0 saturated heterocycles. The summed E-state index contributed by atoms with van der Waals surface area (Å²) in [5.41, 5.74) is 0.593. The Hall–Kier alpha value is -1.82. The second kappa shape index (κ2) is 7.09. The number of hydrogen-bond donors (Lipinski definition) is 2. The van der Waals surface area contributed by atoms with Crippen molar-refractivity contribution in [1.82, 2.24) is 10.6 Å². The number of nitrogens with one attached hydrogen (secondary N) is 2. The van der Waals surface area contributed by atoms with Crippen molar-refractivity contribution in [2.75, 3.05) is 12.3 Å². The van der Waals surface area contributed by atoms with E-state index in [0.29, 0.717) is 10.7 Å². The van der Waals surface area contributed by atoms with Crippen LogP contribution in [-0.2, 0) is 4.79 Å². The molecule has 2 amide bonds. The molecule has 1 unspecified atom stereocenters. The van der Waals surface area contributed by atoms with Crippen LogP contribution in [0, 0.1) is 0 Å². The molecule has 20 heavy (non-hydrogen) atoms. The van der Waals surface area contributed by atoms with Gasteiger partial charge in [-0.25, -0.2) is 0 Å². The molecular weight excluding hydrogens is 274 g/mol. The van der Waals surface area contributed by atoms with Crippen LogP contribution in [0.15, 0.2) is 35.3 Å². The first kappa shape index (κ1) is 14.6. The smallest absolute Gasteiger partial charge is 0.251 e. The molecule has 1 aromatic carbocycles. The summed E-state index contributed by atoms with van der Waals surface area (Å²) < 4.78 is 0. The number of amidine groups is 1. The van der Waals surface area contributed by atoms with E-state index in [1.807, 2.05) is 25.1 Å². The molecule has 5 nitrogen and oxygen atoms in total. The predicted molar refractivity (Wildman–Crippen MR) is 80.9 cm³/mol. The van der Waals surface area contributed by atoms with E-state index in [-0.39, 0.29) is 24.3 Å². The molecular formula is C14H17N3O2S. The van der Waals surface area contributed by atoms with Gasteiger partial charge in [0.05, 0.1) is 6.54 Å². The van der Waals surface area contributed by atoms with Crippen molar-refractivity contribution in [2.24, 2.45) is 4.99 Å². The fourth-order valence-corrected chi connectivity index (χ4v) is 2.55. The summed E-state index contributed by atoms with van der Waals surface area (Å²) in [4.78, 5) is 27.8. The maximum absolute atomic E-state index is 11.9. The van der Waals surface area contributed by atoms with Crippen molar-refractivity contribution in [1.29, 1.82) is 0 Å². The minimum atomic E-state index is -0.227. The Bertz CT molecular complexity index is 516. The number of aliphatic imine (C=N–C) groups is 1. The van der Waals surface area contributed by atoms with Crippen LogP contribution < -0.4 is 10.6 Å². The predicted octanol–water partition coefficient (Wildman–Crippen LogP) is 1.41. The Morgan fingerprint density at radius 2 is 2.10 bits per heavy atom. The van der Waals surface area contributed by atoms with Gasteiger partial charge in [0.1, 0.15) is 0 Å². The van der Waals surface area contributed by atoms with E-state index in [0.717, 1.165) is 12.3 Å². The number of carbonyl (C=O) groups excluding carboxylic acids is 2. The molecule has 106 valence electrons. The highest BCUT2D eigenvalue weighted by molar-refractivity contribution is 8.14. The summed E-state index contributed by atoms with van der Waals surface area (Å²) in [6, 6.07) is 8.73. The highest BCUT2D eigenvalue weighted by atomic mass is 32.2. The van der Waals surface area contributed by atoms with Crippen molar-refractivity contribution in [2.45, 2.75) is 19.4 Å². The molecule has 2 rings (SSSR count). The van der Waals surface area contributed by atoms with Crippen molar-refractivity contribution >= 4 is 28.7 Å². The Labute approximate surface area is 122 Å². The zero-order valence-corrected chi connectivity index (χ0v) is 12.1. The molecule has 6 heteroatoms. The maximum Gasteiger partial charge on any atom is 0.251 e. The van der Waals surface area contributed by atoms with E-state index in [1.54, 1.807) is 12.1 Å². The van der Waals surface area contributed by atoms with E-state index >= 15 is 0 Å². The van der Waals surface area contributed by atoms with Crippen LogP contribution in [0.4, 0.5) is 0 Å². The van der Waals surface area contributed by atoms with Gasteiger partial charge in [0.25, 0.3) is 5.91 Å². The Morgan fingerprint density at radius 1 is 1.35 bits per heavy atom. The minimum absolute atomic E-state index is 0.126. The van der Waals surface area contributed by atoms with Gasteiger partial charge < -0.3 is 10.6 Å². The van der Waals surface area contributed by atoms with Crippen LogP contribution in [0.5, 0.6) is 0 Å². The lowest BCUT2D eigenvalue weighted by Gasteiger charge is -2.13. The molecule has 0 radical (unpaired) electrons. The van der Waals surface area contributed by atoms with Gasteiger partial charge in [-0.15, -0.1) is 0 Å². The standard InChI is InChI=1S/C14H17N3O2S/c1-10(9-12(18)17-14-15-7-8-20-14)16-13(19)11-5-3-2-4-6-11/h2-6,10H,7-9H2,1H3,(H,16,19)(H,15,17,18). The van der Waals surface area contributed by atoms with E-state index in [9.17, 15) is 9.59 Å². The van der Waals surface area contributed by atoms with Gasteiger partial charge >= 0.3 is 0 Å². The van der Waals surface area contributed by atoms with Crippen molar-refractivity contribution < 1.29 is 9.59 Å². The molecule has 0 aromatic heterocycles. The number of carbonyl (C=O) groups is 2. The summed E-state index contributed by atoms with van der Waals surface area (Å²) in [5, 5.41) is 6.23. The van der Waals surface area contributed by atoms with Crippen LogP contribution in [0.25, 0.3) is 0 Å². The van der Waals surface area contributed by atoms with E-state index < -0.39 is 0 Å². The molecule has 0 fully saturated rings. The first-order valence-electron chi connectivity index (χ1n) is 6.48. The Balaban J connectivity index is 1.78. The van der Waals surface area contributed by atoms with Crippen molar-refractivity contribution in [3.05, 3.63) is 35.9 Å². The molecule has 1 atom stereocenters. The zero-order valence-electron chi connectivity index (χ0n) is 11.3. The summed E-state index contributed by atoms with van der Waals surface area (Å²) >= 11 is 1.54. The van der Waals surface area contributed by atoms with E-state index in [4.69, 9.17) is 0 Å². The first-order valence-corrected chi connectivity index (χ1v) is 7.46.